The van der Waals surface area contributed by atoms with Crippen LogP contribution in [-0.4, -0.2) is 65.4 Å². The Labute approximate surface area is 178 Å². The van der Waals surface area contributed by atoms with Gasteiger partial charge in [-0.3, -0.25) is 19.5 Å². The SMILES string of the molecule is CC(C)NC(=O)CN1CCCN(C(=O)c2ccc(OCc3cccnc3)cc2)CC1. The molecule has 30 heavy (non-hydrogen) atoms. The van der Waals surface area contributed by atoms with Gasteiger partial charge >= 0.3 is 0 Å². The van der Waals surface area contributed by atoms with Crippen molar-refractivity contribution in [1.29, 1.82) is 0 Å². The molecule has 2 amide bonds. The molecule has 0 unspecified atom stereocenters. The van der Waals surface area contributed by atoms with Gasteiger partial charge in [-0.2, -0.15) is 0 Å². The molecule has 0 spiro atoms. The number of nitrogens with zero attached hydrogens (tertiary/aromatic N) is 3. The second-order valence-electron chi connectivity index (χ2n) is 7.82. The van der Waals surface area contributed by atoms with Crippen molar-refractivity contribution in [3.8, 4) is 5.75 Å². The number of hydrogen-bond acceptors (Lipinski definition) is 5. The van der Waals surface area contributed by atoms with Gasteiger partial charge < -0.3 is 15.0 Å². The zero-order chi connectivity index (χ0) is 21.3. The lowest BCUT2D eigenvalue weighted by Gasteiger charge is -2.22. The number of carbonyl (C=O) groups is 2. The Morgan fingerprint density at radius 2 is 1.90 bits per heavy atom. The first-order valence-electron chi connectivity index (χ1n) is 10.4. The molecule has 3 rings (SSSR count). The molecule has 1 aliphatic rings. The zero-order valence-electron chi connectivity index (χ0n) is 17.7. The summed E-state index contributed by atoms with van der Waals surface area (Å²) in [7, 11) is 0. The van der Waals surface area contributed by atoms with Crippen LogP contribution in [0.1, 0.15) is 36.2 Å². The molecule has 0 radical (unpaired) electrons. The molecule has 0 aliphatic carbocycles. The highest BCUT2D eigenvalue weighted by molar-refractivity contribution is 5.94. The van der Waals surface area contributed by atoms with Crippen LogP contribution in [0.5, 0.6) is 5.75 Å². The Hall–Kier alpha value is -2.93. The van der Waals surface area contributed by atoms with Gasteiger partial charge in [0.25, 0.3) is 5.91 Å². The summed E-state index contributed by atoms with van der Waals surface area (Å²) < 4.78 is 5.76. The van der Waals surface area contributed by atoms with Crippen LogP contribution in [-0.2, 0) is 11.4 Å². The summed E-state index contributed by atoms with van der Waals surface area (Å²) in [6.45, 7) is 7.55. The molecule has 1 N–H and O–H groups in total. The van der Waals surface area contributed by atoms with Crippen LogP contribution in [0.25, 0.3) is 0 Å². The monoisotopic (exact) mass is 410 g/mol. The molecule has 1 aromatic carbocycles. The average molecular weight is 411 g/mol. The van der Waals surface area contributed by atoms with Gasteiger partial charge in [0.2, 0.25) is 5.91 Å². The molecule has 0 atom stereocenters. The summed E-state index contributed by atoms with van der Waals surface area (Å²) in [5.74, 6) is 0.766. The highest BCUT2D eigenvalue weighted by Crippen LogP contribution is 2.16. The van der Waals surface area contributed by atoms with Crippen LogP contribution in [0.2, 0.25) is 0 Å². The number of ether oxygens (including phenoxy) is 1. The van der Waals surface area contributed by atoms with Crippen molar-refractivity contribution in [2.45, 2.75) is 32.9 Å². The predicted molar refractivity (Wildman–Crippen MR) is 115 cm³/mol. The van der Waals surface area contributed by atoms with Gasteiger partial charge in [0.15, 0.2) is 0 Å². The van der Waals surface area contributed by atoms with E-state index < -0.39 is 0 Å². The van der Waals surface area contributed by atoms with Gasteiger partial charge in [0.05, 0.1) is 6.54 Å². The van der Waals surface area contributed by atoms with Gasteiger partial charge in [-0.1, -0.05) is 6.07 Å². The third kappa shape index (κ3) is 6.56. The van der Waals surface area contributed by atoms with Crippen LogP contribution in [0, 0.1) is 0 Å². The first-order chi connectivity index (χ1) is 14.5. The lowest BCUT2D eigenvalue weighted by molar-refractivity contribution is -0.122. The second-order valence-corrected chi connectivity index (χ2v) is 7.82. The van der Waals surface area contributed by atoms with E-state index in [9.17, 15) is 9.59 Å². The molecule has 0 bridgehead atoms. The normalized spacial score (nSPS) is 15.0. The average Bonchev–Trinajstić information content (AvgIpc) is 2.98. The molecule has 7 heteroatoms. The number of hydrogen-bond donors (Lipinski definition) is 1. The number of benzene rings is 1. The minimum absolute atomic E-state index is 0.0160. The first kappa shape index (κ1) is 21.8. The van der Waals surface area contributed by atoms with E-state index in [0.29, 0.717) is 44.1 Å². The molecule has 2 heterocycles. The van der Waals surface area contributed by atoms with Gasteiger partial charge in [0, 0.05) is 55.7 Å². The van der Waals surface area contributed by atoms with Crippen molar-refractivity contribution in [2.75, 3.05) is 32.7 Å². The van der Waals surface area contributed by atoms with E-state index in [1.165, 1.54) is 0 Å². The van der Waals surface area contributed by atoms with Gasteiger partial charge in [-0.25, -0.2) is 0 Å². The fourth-order valence-electron chi connectivity index (χ4n) is 3.43. The third-order valence-corrected chi connectivity index (χ3v) is 4.92. The lowest BCUT2D eigenvalue weighted by atomic mass is 10.2. The molecular weight excluding hydrogens is 380 g/mol. The molecule has 2 aromatic rings. The maximum absolute atomic E-state index is 12.9. The van der Waals surface area contributed by atoms with Crippen molar-refractivity contribution in [2.24, 2.45) is 0 Å². The quantitative estimate of drug-likeness (QED) is 0.758. The summed E-state index contributed by atoms with van der Waals surface area (Å²) in [5.41, 5.74) is 1.64. The predicted octanol–water partition coefficient (Wildman–Crippen LogP) is 2.33. The van der Waals surface area contributed by atoms with Crippen molar-refractivity contribution in [3.63, 3.8) is 0 Å². The van der Waals surface area contributed by atoms with E-state index in [1.54, 1.807) is 24.5 Å². The lowest BCUT2D eigenvalue weighted by Crippen LogP contribution is -2.41. The molecule has 1 aliphatic heterocycles. The van der Waals surface area contributed by atoms with E-state index in [4.69, 9.17) is 4.74 Å². The molecule has 7 nitrogen and oxygen atoms in total. The molecule has 0 saturated carbocycles. The minimum Gasteiger partial charge on any atom is -0.489 e. The van der Waals surface area contributed by atoms with E-state index in [0.717, 1.165) is 18.5 Å². The summed E-state index contributed by atoms with van der Waals surface area (Å²) in [6.07, 6.45) is 4.35. The largest absolute Gasteiger partial charge is 0.489 e. The first-order valence-corrected chi connectivity index (χ1v) is 10.4. The van der Waals surface area contributed by atoms with E-state index in [-0.39, 0.29) is 17.9 Å². The van der Waals surface area contributed by atoms with Crippen molar-refractivity contribution in [1.82, 2.24) is 20.1 Å². The molecule has 1 aromatic heterocycles. The Kier molecular flexibility index (Phi) is 7.79. The van der Waals surface area contributed by atoms with E-state index >= 15 is 0 Å². The number of amides is 2. The molecule has 1 fully saturated rings. The summed E-state index contributed by atoms with van der Waals surface area (Å²) in [5, 5.41) is 2.92. The number of aromatic nitrogens is 1. The Morgan fingerprint density at radius 1 is 1.10 bits per heavy atom. The van der Waals surface area contributed by atoms with Crippen molar-refractivity contribution < 1.29 is 14.3 Å². The number of carbonyl (C=O) groups excluding carboxylic acids is 2. The fraction of sp³-hybridized carbons (Fsp3) is 0.435. The Bertz CT molecular complexity index is 824. The maximum atomic E-state index is 12.9. The molecule has 1 saturated heterocycles. The topological polar surface area (TPSA) is 74.8 Å². The van der Waals surface area contributed by atoms with Gasteiger partial charge in [-0.05, 0) is 50.6 Å². The zero-order valence-corrected chi connectivity index (χ0v) is 17.7. The van der Waals surface area contributed by atoms with Gasteiger partial charge in [0.1, 0.15) is 12.4 Å². The standard InChI is InChI=1S/C23H30N4O3/c1-18(2)25-22(28)16-26-11-4-12-27(14-13-26)23(29)20-6-8-21(9-7-20)30-17-19-5-3-10-24-15-19/h3,5-10,15,18H,4,11-14,16-17H2,1-2H3,(H,25,28). The third-order valence-electron chi connectivity index (χ3n) is 4.92. The van der Waals surface area contributed by atoms with Crippen molar-refractivity contribution in [3.05, 3.63) is 59.9 Å². The van der Waals surface area contributed by atoms with E-state index in [2.05, 4.69) is 15.2 Å². The maximum Gasteiger partial charge on any atom is 0.253 e. The highest BCUT2D eigenvalue weighted by atomic mass is 16.5. The van der Waals surface area contributed by atoms with Crippen molar-refractivity contribution >= 4 is 11.8 Å². The van der Waals surface area contributed by atoms with Crippen LogP contribution < -0.4 is 10.1 Å². The number of rotatable bonds is 7. The van der Waals surface area contributed by atoms with E-state index in [1.807, 2.05) is 43.0 Å². The summed E-state index contributed by atoms with van der Waals surface area (Å²) in [4.78, 5) is 32.9. The van der Waals surface area contributed by atoms with Crippen LogP contribution >= 0.6 is 0 Å². The number of pyridine rings is 1. The summed E-state index contributed by atoms with van der Waals surface area (Å²) in [6, 6.07) is 11.2. The Balaban J connectivity index is 1.50. The molecular formula is C23H30N4O3. The van der Waals surface area contributed by atoms with Gasteiger partial charge in [-0.15, -0.1) is 0 Å². The fourth-order valence-corrected chi connectivity index (χ4v) is 3.43. The second kappa shape index (κ2) is 10.7. The molecule has 160 valence electrons. The Morgan fingerprint density at radius 3 is 2.60 bits per heavy atom. The van der Waals surface area contributed by atoms with Crippen LogP contribution in [0.4, 0.5) is 0 Å². The minimum atomic E-state index is 0.0160. The summed E-state index contributed by atoms with van der Waals surface area (Å²) >= 11 is 0. The smallest absolute Gasteiger partial charge is 0.253 e. The highest BCUT2D eigenvalue weighted by Gasteiger charge is 2.21. The van der Waals surface area contributed by atoms with Crippen LogP contribution in [0.3, 0.4) is 0 Å². The number of nitrogens with one attached hydrogen (secondary N) is 1. The van der Waals surface area contributed by atoms with Crippen LogP contribution in [0.15, 0.2) is 48.8 Å².